The third-order valence-corrected chi connectivity index (χ3v) is 3.98. The number of carbonyl (C=O) groups is 1. The third kappa shape index (κ3) is 2.10. The predicted octanol–water partition coefficient (Wildman–Crippen LogP) is 2.87. The van der Waals surface area contributed by atoms with E-state index in [4.69, 9.17) is 5.11 Å². The maximum atomic E-state index is 11.1. The highest BCUT2D eigenvalue weighted by atomic mass is 32.1. The van der Waals surface area contributed by atoms with Crippen molar-refractivity contribution in [3.63, 3.8) is 0 Å². The Kier molecular flexibility index (Phi) is 3.02. The van der Waals surface area contributed by atoms with E-state index >= 15 is 0 Å². The van der Waals surface area contributed by atoms with Gasteiger partial charge in [-0.2, -0.15) is 0 Å². The summed E-state index contributed by atoms with van der Waals surface area (Å²) in [6.45, 7) is 5.91. The minimum atomic E-state index is -0.902. The number of aromatic nitrogens is 2. The lowest BCUT2D eigenvalue weighted by atomic mass is 10.2. The van der Waals surface area contributed by atoms with Crippen LogP contribution in [0.15, 0.2) is 18.3 Å². The van der Waals surface area contributed by atoms with Crippen LogP contribution in [0.25, 0.3) is 0 Å². The molecule has 0 aromatic carbocycles. The first-order valence-corrected chi connectivity index (χ1v) is 6.16. The summed E-state index contributed by atoms with van der Waals surface area (Å²) >= 11 is 1.62. The van der Waals surface area contributed by atoms with Crippen molar-refractivity contribution in [1.29, 1.82) is 0 Å². The summed E-state index contributed by atoms with van der Waals surface area (Å²) in [5.74, 6) is -0.902. The van der Waals surface area contributed by atoms with Gasteiger partial charge in [-0.05, 0) is 32.9 Å². The van der Waals surface area contributed by atoms with E-state index in [1.54, 1.807) is 34.2 Å². The smallest absolute Gasteiger partial charge is 0.352 e. The zero-order valence-electron chi connectivity index (χ0n) is 9.97. The molecule has 0 aliphatic heterocycles. The number of aromatic carboxylic acids is 1. The minimum Gasteiger partial charge on any atom is -0.477 e. The maximum absolute atomic E-state index is 11.1. The zero-order chi connectivity index (χ0) is 12.6. The predicted molar refractivity (Wildman–Crippen MR) is 66.8 cm³/mol. The van der Waals surface area contributed by atoms with Crippen LogP contribution in [-0.4, -0.2) is 20.6 Å². The molecule has 2 aromatic heterocycles. The summed E-state index contributed by atoms with van der Waals surface area (Å²) in [4.78, 5) is 16.6. The van der Waals surface area contributed by atoms with Gasteiger partial charge in [-0.1, -0.05) is 0 Å². The van der Waals surface area contributed by atoms with Crippen molar-refractivity contribution in [2.45, 2.75) is 26.8 Å². The van der Waals surface area contributed by atoms with Crippen molar-refractivity contribution in [1.82, 2.24) is 9.55 Å². The van der Waals surface area contributed by atoms with Gasteiger partial charge in [0.1, 0.15) is 5.69 Å². The van der Waals surface area contributed by atoms with Gasteiger partial charge < -0.3 is 9.67 Å². The van der Waals surface area contributed by atoms with E-state index in [9.17, 15) is 4.79 Å². The number of carboxylic acid groups (broad SMARTS) is 1. The van der Waals surface area contributed by atoms with Crippen LogP contribution in [0.3, 0.4) is 0 Å². The van der Waals surface area contributed by atoms with E-state index < -0.39 is 5.97 Å². The Labute approximate surface area is 104 Å². The van der Waals surface area contributed by atoms with E-state index in [1.807, 2.05) is 20.8 Å². The van der Waals surface area contributed by atoms with Crippen LogP contribution in [0.5, 0.6) is 0 Å². The second kappa shape index (κ2) is 4.33. The molecule has 2 rings (SSSR count). The Balaban J connectivity index is 2.43. The Morgan fingerprint density at radius 1 is 1.53 bits per heavy atom. The zero-order valence-corrected chi connectivity index (χ0v) is 10.8. The largest absolute Gasteiger partial charge is 0.477 e. The monoisotopic (exact) mass is 250 g/mol. The highest BCUT2D eigenvalue weighted by Crippen LogP contribution is 2.28. The van der Waals surface area contributed by atoms with Crippen LogP contribution >= 0.6 is 11.3 Å². The van der Waals surface area contributed by atoms with Crippen molar-refractivity contribution in [3.8, 4) is 0 Å². The minimum absolute atomic E-state index is 0.00213. The number of hydrogen-bond donors (Lipinski definition) is 1. The summed E-state index contributed by atoms with van der Waals surface area (Å²) in [6.07, 6.45) is 1.79. The van der Waals surface area contributed by atoms with Crippen LogP contribution in [0.2, 0.25) is 0 Å². The molecular formula is C12H14N2O2S. The van der Waals surface area contributed by atoms with Crippen molar-refractivity contribution in [2.24, 2.45) is 0 Å². The molecule has 0 fully saturated rings. The number of hydrogen-bond acceptors (Lipinski definition) is 3. The fourth-order valence-corrected chi connectivity index (χ4v) is 2.95. The summed E-state index contributed by atoms with van der Waals surface area (Å²) in [5.41, 5.74) is 1.29. The lowest BCUT2D eigenvalue weighted by Crippen LogP contribution is -2.12. The lowest BCUT2D eigenvalue weighted by molar-refractivity contribution is 0.0684. The molecule has 1 unspecified atom stereocenters. The molecule has 1 N–H and O–H groups in total. The molecule has 0 saturated carbocycles. The topological polar surface area (TPSA) is 55.1 Å². The van der Waals surface area contributed by atoms with E-state index in [0.717, 1.165) is 15.6 Å². The van der Waals surface area contributed by atoms with E-state index in [1.165, 1.54) is 0 Å². The van der Waals surface area contributed by atoms with Crippen LogP contribution < -0.4 is 0 Å². The molecule has 0 spiro atoms. The number of aryl methyl sites for hydroxylation is 2. The quantitative estimate of drug-likeness (QED) is 0.911. The molecule has 0 saturated heterocycles. The Hall–Kier alpha value is -1.62. The standard InChI is InChI=1S/C12H14N2O2S/c1-7-11(17-9(3)13-7)8(2)14-6-4-5-10(14)12(15)16/h4-6,8H,1-3H3,(H,15,16). The highest BCUT2D eigenvalue weighted by Gasteiger charge is 2.18. The maximum Gasteiger partial charge on any atom is 0.352 e. The van der Waals surface area contributed by atoms with Crippen molar-refractivity contribution >= 4 is 17.3 Å². The van der Waals surface area contributed by atoms with E-state index in [-0.39, 0.29) is 6.04 Å². The number of nitrogens with zero attached hydrogens (tertiary/aromatic N) is 2. The van der Waals surface area contributed by atoms with Gasteiger partial charge >= 0.3 is 5.97 Å². The van der Waals surface area contributed by atoms with Gasteiger partial charge in [-0.3, -0.25) is 0 Å². The second-order valence-electron chi connectivity index (χ2n) is 3.96. The third-order valence-electron chi connectivity index (χ3n) is 2.73. The average Bonchev–Trinajstić information content (AvgIpc) is 2.83. The van der Waals surface area contributed by atoms with E-state index in [0.29, 0.717) is 5.69 Å². The van der Waals surface area contributed by atoms with Gasteiger partial charge in [-0.15, -0.1) is 11.3 Å². The number of carboxylic acids is 1. The van der Waals surface area contributed by atoms with Crippen molar-refractivity contribution in [2.75, 3.05) is 0 Å². The van der Waals surface area contributed by atoms with Gasteiger partial charge in [0, 0.05) is 6.20 Å². The van der Waals surface area contributed by atoms with Crippen molar-refractivity contribution in [3.05, 3.63) is 39.6 Å². The molecule has 0 aliphatic rings. The van der Waals surface area contributed by atoms with Crippen LogP contribution in [-0.2, 0) is 0 Å². The number of rotatable bonds is 3. The molecule has 90 valence electrons. The van der Waals surface area contributed by atoms with Crippen LogP contribution in [0.4, 0.5) is 0 Å². The molecule has 0 radical (unpaired) electrons. The van der Waals surface area contributed by atoms with Crippen LogP contribution in [0.1, 0.15) is 39.0 Å². The number of thiazole rings is 1. The van der Waals surface area contributed by atoms with Gasteiger partial charge in [0.15, 0.2) is 0 Å². The second-order valence-corrected chi connectivity index (χ2v) is 5.20. The first kappa shape index (κ1) is 11.9. The van der Waals surface area contributed by atoms with Crippen LogP contribution in [0, 0.1) is 13.8 Å². The molecule has 17 heavy (non-hydrogen) atoms. The molecule has 1 atom stereocenters. The van der Waals surface area contributed by atoms with Gasteiger partial charge in [0.25, 0.3) is 0 Å². The molecular weight excluding hydrogens is 236 g/mol. The molecule has 2 aromatic rings. The molecule has 5 heteroatoms. The summed E-state index contributed by atoms with van der Waals surface area (Å²) < 4.78 is 1.77. The first-order chi connectivity index (χ1) is 8.00. The fourth-order valence-electron chi connectivity index (χ4n) is 1.97. The van der Waals surface area contributed by atoms with Gasteiger partial charge in [0.2, 0.25) is 0 Å². The molecule has 0 amide bonds. The summed E-state index contributed by atoms with van der Waals surface area (Å²) in [7, 11) is 0. The summed E-state index contributed by atoms with van der Waals surface area (Å²) in [5, 5.41) is 10.1. The molecule has 2 heterocycles. The lowest BCUT2D eigenvalue weighted by Gasteiger charge is -2.14. The Morgan fingerprint density at radius 2 is 2.24 bits per heavy atom. The Morgan fingerprint density at radius 3 is 2.76 bits per heavy atom. The normalized spacial score (nSPS) is 12.6. The first-order valence-electron chi connectivity index (χ1n) is 5.34. The molecule has 0 bridgehead atoms. The fraction of sp³-hybridized carbons (Fsp3) is 0.333. The van der Waals surface area contributed by atoms with Crippen molar-refractivity contribution < 1.29 is 9.90 Å². The SMILES string of the molecule is Cc1nc(C)c(C(C)n2cccc2C(=O)O)s1. The summed E-state index contributed by atoms with van der Waals surface area (Å²) in [6, 6.07) is 3.37. The Bertz CT molecular complexity index is 557. The highest BCUT2D eigenvalue weighted by molar-refractivity contribution is 7.11. The van der Waals surface area contributed by atoms with E-state index in [2.05, 4.69) is 4.98 Å². The van der Waals surface area contributed by atoms with Gasteiger partial charge in [0.05, 0.1) is 21.6 Å². The molecule has 0 aliphatic carbocycles. The van der Waals surface area contributed by atoms with Gasteiger partial charge in [-0.25, -0.2) is 9.78 Å². The average molecular weight is 250 g/mol. The molecule has 4 nitrogen and oxygen atoms in total.